The fourth-order valence-electron chi connectivity index (χ4n) is 2.80. The molecular formula is C13H21N3O5S. The molecule has 124 valence electrons. The van der Waals surface area contributed by atoms with Gasteiger partial charge in [-0.25, -0.2) is 17.9 Å². The number of nitrogens with one attached hydrogen (secondary N) is 1. The molecule has 0 aromatic carbocycles. The molecule has 1 fully saturated rings. The van der Waals surface area contributed by atoms with Crippen LogP contribution in [0.5, 0.6) is 0 Å². The summed E-state index contributed by atoms with van der Waals surface area (Å²) in [7, 11) is -1.43. The number of hydrogen-bond acceptors (Lipinski definition) is 5. The molecule has 9 heteroatoms. The molecule has 1 aliphatic carbocycles. The van der Waals surface area contributed by atoms with Crippen LogP contribution in [-0.2, 0) is 24.1 Å². The second-order valence-electron chi connectivity index (χ2n) is 5.71. The second-order valence-corrected chi connectivity index (χ2v) is 7.39. The summed E-state index contributed by atoms with van der Waals surface area (Å²) in [5, 5.41) is 9.36. The molecule has 2 unspecified atom stereocenters. The molecule has 22 heavy (non-hydrogen) atoms. The van der Waals surface area contributed by atoms with Crippen molar-refractivity contribution >= 4 is 10.0 Å². The maximum atomic E-state index is 12.5. The zero-order chi connectivity index (χ0) is 16.5. The van der Waals surface area contributed by atoms with Gasteiger partial charge in [0.05, 0.1) is 0 Å². The predicted octanol–water partition coefficient (Wildman–Crippen LogP) is -1.09. The molecule has 1 saturated carbocycles. The Balaban J connectivity index is 2.39. The molecule has 0 amide bonds. The van der Waals surface area contributed by atoms with Gasteiger partial charge in [-0.3, -0.25) is 9.36 Å². The van der Waals surface area contributed by atoms with E-state index in [-0.39, 0.29) is 12.5 Å². The Morgan fingerprint density at radius 3 is 2.55 bits per heavy atom. The Labute approximate surface area is 128 Å². The van der Waals surface area contributed by atoms with Gasteiger partial charge in [0.15, 0.2) is 4.90 Å². The quantitative estimate of drug-likeness (QED) is 0.729. The molecule has 1 aromatic rings. The molecular weight excluding hydrogens is 310 g/mol. The van der Waals surface area contributed by atoms with Crippen LogP contribution in [0.3, 0.4) is 0 Å². The Kier molecular flexibility index (Phi) is 4.88. The number of rotatable bonds is 4. The van der Waals surface area contributed by atoms with Crippen LogP contribution < -0.4 is 16.0 Å². The van der Waals surface area contributed by atoms with Gasteiger partial charge in [0.25, 0.3) is 5.56 Å². The van der Waals surface area contributed by atoms with Gasteiger partial charge in [-0.05, 0) is 18.8 Å². The zero-order valence-electron chi connectivity index (χ0n) is 12.7. The monoisotopic (exact) mass is 331 g/mol. The van der Waals surface area contributed by atoms with Crippen LogP contribution in [0.4, 0.5) is 0 Å². The lowest BCUT2D eigenvalue weighted by molar-refractivity contribution is 0.164. The standard InChI is InChI=1S/C13H21N3O5S/c1-15-7-11(12(18)16(2)13(15)19)22(20,21)14-10-6-4-3-5-9(10)8-17/h7,9-10,14,17H,3-6,8H2,1-2H3. The average molecular weight is 331 g/mol. The van der Waals surface area contributed by atoms with Gasteiger partial charge >= 0.3 is 5.69 Å². The maximum absolute atomic E-state index is 12.5. The van der Waals surface area contributed by atoms with E-state index in [2.05, 4.69) is 4.72 Å². The molecule has 0 spiro atoms. The third-order valence-electron chi connectivity index (χ3n) is 4.15. The summed E-state index contributed by atoms with van der Waals surface area (Å²) >= 11 is 0. The van der Waals surface area contributed by atoms with E-state index >= 15 is 0 Å². The Bertz CT molecular complexity index is 765. The van der Waals surface area contributed by atoms with Gasteiger partial charge in [0, 0.05) is 32.9 Å². The molecule has 0 radical (unpaired) electrons. The van der Waals surface area contributed by atoms with Crippen molar-refractivity contribution < 1.29 is 13.5 Å². The first kappa shape index (κ1) is 16.9. The molecule has 8 nitrogen and oxygen atoms in total. The van der Waals surface area contributed by atoms with Crippen LogP contribution in [0.1, 0.15) is 25.7 Å². The topological polar surface area (TPSA) is 110 Å². The fourth-order valence-corrected chi connectivity index (χ4v) is 4.30. The summed E-state index contributed by atoms with van der Waals surface area (Å²) in [4.78, 5) is 23.2. The molecule has 1 aliphatic rings. The summed E-state index contributed by atoms with van der Waals surface area (Å²) in [6, 6.07) is -0.398. The molecule has 0 saturated heterocycles. The first-order chi connectivity index (χ1) is 10.3. The van der Waals surface area contributed by atoms with Crippen LogP contribution in [0, 0.1) is 5.92 Å². The Morgan fingerprint density at radius 1 is 1.27 bits per heavy atom. The van der Waals surface area contributed by atoms with Crippen LogP contribution in [0.2, 0.25) is 0 Å². The first-order valence-corrected chi connectivity index (χ1v) is 8.66. The smallest absolute Gasteiger partial charge is 0.330 e. The number of nitrogens with zero attached hydrogens (tertiary/aromatic N) is 2. The van der Waals surface area contributed by atoms with Gasteiger partial charge in [-0.1, -0.05) is 12.8 Å². The highest BCUT2D eigenvalue weighted by atomic mass is 32.2. The summed E-state index contributed by atoms with van der Waals surface area (Å²) in [6.07, 6.45) is 4.22. The number of sulfonamides is 1. The van der Waals surface area contributed by atoms with Crippen molar-refractivity contribution in [3.05, 3.63) is 27.0 Å². The van der Waals surface area contributed by atoms with Crippen molar-refractivity contribution in [2.24, 2.45) is 20.0 Å². The lowest BCUT2D eigenvalue weighted by Crippen LogP contribution is -2.47. The van der Waals surface area contributed by atoms with E-state index in [1.807, 2.05) is 0 Å². The number of aromatic nitrogens is 2. The van der Waals surface area contributed by atoms with E-state index in [9.17, 15) is 23.1 Å². The summed E-state index contributed by atoms with van der Waals surface area (Å²) in [6.45, 7) is -0.0987. The third-order valence-corrected chi connectivity index (χ3v) is 5.63. The molecule has 1 heterocycles. The molecule has 2 N–H and O–H groups in total. The SMILES string of the molecule is Cn1cc(S(=O)(=O)NC2CCCCC2CO)c(=O)n(C)c1=O. The van der Waals surface area contributed by atoms with E-state index in [0.29, 0.717) is 6.42 Å². The number of hydrogen-bond donors (Lipinski definition) is 2. The van der Waals surface area contributed by atoms with E-state index < -0.39 is 32.2 Å². The molecule has 2 rings (SSSR count). The van der Waals surface area contributed by atoms with E-state index in [1.165, 1.54) is 14.1 Å². The molecule has 0 aliphatic heterocycles. The van der Waals surface area contributed by atoms with Gasteiger partial charge in [-0.2, -0.15) is 0 Å². The average Bonchev–Trinajstić information content (AvgIpc) is 2.48. The largest absolute Gasteiger partial charge is 0.396 e. The van der Waals surface area contributed by atoms with Gasteiger partial charge in [-0.15, -0.1) is 0 Å². The third kappa shape index (κ3) is 3.16. The molecule has 1 aromatic heterocycles. The summed E-state index contributed by atoms with van der Waals surface area (Å²) < 4.78 is 29.3. The van der Waals surface area contributed by atoms with Crippen molar-refractivity contribution in [2.45, 2.75) is 36.6 Å². The van der Waals surface area contributed by atoms with Crippen LogP contribution >= 0.6 is 0 Å². The predicted molar refractivity (Wildman–Crippen MR) is 80.1 cm³/mol. The second kappa shape index (κ2) is 6.35. The minimum absolute atomic E-state index is 0.0987. The van der Waals surface area contributed by atoms with Gasteiger partial charge in [0.2, 0.25) is 10.0 Å². The first-order valence-electron chi connectivity index (χ1n) is 7.17. The van der Waals surface area contributed by atoms with E-state index in [1.54, 1.807) is 0 Å². The Morgan fingerprint density at radius 2 is 1.91 bits per heavy atom. The minimum Gasteiger partial charge on any atom is -0.396 e. The highest BCUT2D eigenvalue weighted by Crippen LogP contribution is 2.25. The van der Waals surface area contributed by atoms with Crippen molar-refractivity contribution in [1.82, 2.24) is 13.9 Å². The van der Waals surface area contributed by atoms with Crippen molar-refractivity contribution in [3.63, 3.8) is 0 Å². The highest BCUT2D eigenvalue weighted by molar-refractivity contribution is 7.89. The fraction of sp³-hybridized carbons (Fsp3) is 0.692. The van der Waals surface area contributed by atoms with Crippen molar-refractivity contribution in [1.29, 1.82) is 0 Å². The molecule has 0 bridgehead atoms. The van der Waals surface area contributed by atoms with Crippen molar-refractivity contribution in [3.8, 4) is 0 Å². The van der Waals surface area contributed by atoms with Gasteiger partial charge in [0.1, 0.15) is 0 Å². The Hall–Kier alpha value is -1.45. The summed E-state index contributed by atoms with van der Waals surface area (Å²) in [5.41, 5.74) is -1.44. The summed E-state index contributed by atoms with van der Waals surface area (Å²) in [5.74, 6) is -0.153. The van der Waals surface area contributed by atoms with Crippen LogP contribution in [0.25, 0.3) is 0 Å². The number of aryl methyl sites for hydroxylation is 1. The lowest BCUT2D eigenvalue weighted by Gasteiger charge is -2.30. The van der Waals surface area contributed by atoms with Crippen molar-refractivity contribution in [2.75, 3.05) is 6.61 Å². The lowest BCUT2D eigenvalue weighted by atomic mass is 9.86. The van der Waals surface area contributed by atoms with E-state index in [4.69, 9.17) is 0 Å². The normalized spacial score (nSPS) is 22.7. The number of aliphatic hydroxyl groups is 1. The van der Waals surface area contributed by atoms with Crippen LogP contribution in [-0.4, -0.2) is 35.3 Å². The molecule has 2 atom stereocenters. The highest BCUT2D eigenvalue weighted by Gasteiger charge is 2.31. The minimum atomic E-state index is -4.05. The zero-order valence-corrected chi connectivity index (χ0v) is 13.5. The maximum Gasteiger partial charge on any atom is 0.330 e. The number of aliphatic hydroxyl groups excluding tert-OH is 1. The van der Waals surface area contributed by atoms with Crippen LogP contribution in [0.15, 0.2) is 20.7 Å². The van der Waals surface area contributed by atoms with E-state index in [0.717, 1.165) is 34.6 Å². The van der Waals surface area contributed by atoms with Gasteiger partial charge < -0.3 is 9.67 Å².